The molecule has 86 valence electrons. The molecule has 0 aliphatic carbocycles. The molecule has 0 radical (unpaired) electrons. The predicted molar refractivity (Wildman–Crippen MR) is 63.9 cm³/mol. The molecule has 0 spiro atoms. The largest absolute Gasteiger partial charge is 0.396 e. The van der Waals surface area contributed by atoms with Crippen molar-refractivity contribution in [2.75, 3.05) is 5.73 Å². The van der Waals surface area contributed by atoms with Gasteiger partial charge in [-0.2, -0.15) is 10.2 Å². The zero-order valence-corrected chi connectivity index (χ0v) is 10.1. The van der Waals surface area contributed by atoms with E-state index in [1.807, 2.05) is 13.2 Å². The van der Waals surface area contributed by atoms with Gasteiger partial charge in [0.2, 0.25) is 0 Å². The first-order chi connectivity index (χ1) is 7.39. The fourth-order valence-electron chi connectivity index (χ4n) is 1.74. The number of hydrogen-bond acceptors (Lipinski definition) is 3. The van der Waals surface area contributed by atoms with Crippen LogP contribution in [0, 0.1) is 0 Å². The number of aromatic nitrogens is 4. The maximum Gasteiger partial charge on any atom is 0.0914 e. The van der Waals surface area contributed by atoms with Gasteiger partial charge in [-0.1, -0.05) is 20.8 Å². The van der Waals surface area contributed by atoms with E-state index in [2.05, 4.69) is 36.1 Å². The number of anilines is 1. The van der Waals surface area contributed by atoms with Gasteiger partial charge in [-0.3, -0.25) is 9.78 Å². The third-order valence-electron chi connectivity index (χ3n) is 2.48. The van der Waals surface area contributed by atoms with Crippen molar-refractivity contribution in [2.45, 2.75) is 26.2 Å². The minimum Gasteiger partial charge on any atom is -0.396 e. The molecule has 5 heteroatoms. The first kappa shape index (κ1) is 10.7. The van der Waals surface area contributed by atoms with Crippen LogP contribution >= 0.6 is 0 Å². The monoisotopic (exact) mass is 219 g/mol. The standard InChI is InChI=1S/C11H17N5/c1-11(2,3)10-7(6-16(4)15-10)9-8(12)5-13-14-9/h5-6H,12H2,1-4H3,(H,13,14). The van der Waals surface area contributed by atoms with E-state index in [0.29, 0.717) is 5.69 Å². The van der Waals surface area contributed by atoms with Gasteiger partial charge in [0.1, 0.15) is 0 Å². The van der Waals surface area contributed by atoms with Gasteiger partial charge in [-0.05, 0) is 0 Å². The molecule has 2 aromatic heterocycles. The lowest BCUT2D eigenvalue weighted by Gasteiger charge is -2.17. The Bertz CT molecular complexity index is 501. The second kappa shape index (κ2) is 3.37. The summed E-state index contributed by atoms with van der Waals surface area (Å²) in [6, 6.07) is 0. The molecule has 0 aliphatic heterocycles. The van der Waals surface area contributed by atoms with Crippen molar-refractivity contribution in [3.05, 3.63) is 18.1 Å². The van der Waals surface area contributed by atoms with E-state index in [1.165, 1.54) is 0 Å². The molecular formula is C11H17N5. The van der Waals surface area contributed by atoms with Crippen molar-refractivity contribution in [2.24, 2.45) is 7.05 Å². The van der Waals surface area contributed by atoms with Gasteiger partial charge >= 0.3 is 0 Å². The van der Waals surface area contributed by atoms with E-state index >= 15 is 0 Å². The summed E-state index contributed by atoms with van der Waals surface area (Å²) in [6.07, 6.45) is 3.58. The number of aromatic amines is 1. The summed E-state index contributed by atoms with van der Waals surface area (Å²) in [4.78, 5) is 0. The summed E-state index contributed by atoms with van der Waals surface area (Å²) in [7, 11) is 1.91. The predicted octanol–water partition coefficient (Wildman–Crippen LogP) is 1.69. The van der Waals surface area contributed by atoms with E-state index in [4.69, 9.17) is 5.73 Å². The zero-order valence-electron chi connectivity index (χ0n) is 10.1. The molecule has 0 aromatic carbocycles. The molecule has 0 saturated heterocycles. The average molecular weight is 219 g/mol. The fraction of sp³-hybridized carbons (Fsp3) is 0.455. The maximum absolute atomic E-state index is 5.86. The molecule has 0 saturated carbocycles. The second-order valence-electron chi connectivity index (χ2n) is 5.02. The zero-order chi connectivity index (χ0) is 11.9. The summed E-state index contributed by atoms with van der Waals surface area (Å²) in [5.41, 5.74) is 9.38. The number of rotatable bonds is 1. The van der Waals surface area contributed by atoms with Crippen molar-refractivity contribution in [3.8, 4) is 11.3 Å². The van der Waals surface area contributed by atoms with Gasteiger partial charge < -0.3 is 5.73 Å². The number of H-pyrrole nitrogens is 1. The van der Waals surface area contributed by atoms with Crippen LogP contribution in [-0.4, -0.2) is 20.0 Å². The van der Waals surface area contributed by atoms with Gasteiger partial charge in [0, 0.05) is 24.2 Å². The van der Waals surface area contributed by atoms with E-state index in [1.54, 1.807) is 10.9 Å². The van der Waals surface area contributed by atoms with Crippen LogP contribution in [0.3, 0.4) is 0 Å². The van der Waals surface area contributed by atoms with Crippen molar-refractivity contribution >= 4 is 5.69 Å². The Labute approximate surface area is 94.7 Å². The van der Waals surface area contributed by atoms with E-state index in [0.717, 1.165) is 17.0 Å². The minimum absolute atomic E-state index is 0.0197. The Balaban J connectivity index is 2.62. The van der Waals surface area contributed by atoms with Crippen molar-refractivity contribution < 1.29 is 0 Å². The molecule has 0 aliphatic rings. The van der Waals surface area contributed by atoms with Crippen molar-refractivity contribution in [3.63, 3.8) is 0 Å². The molecule has 2 aromatic rings. The molecule has 5 nitrogen and oxygen atoms in total. The summed E-state index contributed by atoms with van der Waals surface area (Å²) in [5, 5.41) is 11.4. The van der Waals surface area contributed by atoms with Gasteiger partial charge in [0.15, 0.2) is 0 Å². The third-order valence-corrected chi connectivity index (χ3v) is 2.48. The normalized spacial score (nSPS) is 12.0. The van der Waals surface area contributed by atoms with Gasteiger partial charge in [0.25, 0.3) is 0 Å². The van der Waals surface area contributed by atoms with Crippen LogP contribution in [0.5, 0.6) is 0 Å². The fourth-order valence-corrected chi connectivity index (χ4v) is 1.74. The Hall–Kier alpha value is -1.78. The highest BCUT2D eigenvalue weighted by Gasteiger charge is 2.24. The molecule has 2 heterocycles. The second-order valence-corrected chi connectivity index (χ2v) is 5.02. The molecule has 0 atom stereocenters. The van der Waals surface area contributed by atoms with Crippen LogP contribution in [0.25, 0.3) is 11.3 Å². The maximum atomic E-state index is 5.86. The Morgan fingerprint density at radius 3 is 2.56 bits per heavy atom. The van der Waals surface area contributed by atoms with Crippen LogP contribution in [0.4, 0.5) is 5.69 Å². The summed E-state index contributed by atoms with van der Waals surface area (Å²) in [5.74, 6) is 0. The van der Waals surface area contributed by atoms with Crippen molar-refractivity contribution in [1.82, 2.24) is 20.0 Å². The van der Waals surface area contributed by atoms with Gasteiger partial charge in [-0.25, -0.2) is 0 Å². The van der Waals surface area contributed by atoms with Crippen molar-refractivity contribution in [1.29, 1.82) is 0 Å². The molecule has 3 N–H and O–H groups in total. The number of aryl methyl sites for hydroxylation is 1. The van der Waals surface area contributed by atoms with E-state index < -0.39 is 0 Å². The molecule has 0 fully saturated rings. The highest BCUT2D eigenvalue weighted by molar-refractivity contribution is 5.73. The average Bonchev–Trinajstić information content (AvgIpc) is 2.70. The SMILES string of the molecule is Cn1cc(-c2[nH]ncc2N)c(C(C)(C)C)n1. The van der Waals surface area contributed by atoms with Crippen LogP contribution < -0.4 is 5.73 Å². The highest BCUT2D eigenvalue weighted by atomic mass is 15.3. The van der Waals surface area contributed by atoms with E-state index in [-0.39, 0.29) is 5.41 Å². The summed E-state index contributed by atoms with van der Waals surface area (Å²) in [6.45, 7) is 6.39. The molecule has 0 bridgehead atoms. The number of hydrogen-bond donors (Lipinski definition) is 2. The molecule has 0 amide bonds. The van der Waals surface area contributed by atoms with Crippen LogP contribution in [-0.2, 0) is 12.5 Å². The van der Waals surface area contributed by atoms with E-state index in [9.17, 15) is 0 Å². The lowest BCUT2D eigenvalue weighted by Crippen LogP contribution is -2.14. The molecule has 2 rings (SSSR count). The lowest BCUT2D eigenvalue weighted by atomic mass is 9.88. The van der Waals surface area contributed by atoms with Crippen LogP contribution in [0.1, 0.15) is 26.5 Å². The van der Waals surface area contributed by atoms with Gasteiger partial charge in [-0.15, -0.1) is 0 Å². The Morgan fingerprint density at radius 2 is 2.06 bits per heavy atom. The van der Waals surface area contributed by atoms with Gasteiger partial charge in [0.05, 0.1) is 23.3 Å². The lowest BCUT2D eigenvalue weighted by molar-refractivity contribution is 0.554. The molecule has 16 heavy (non-hydrogen) atoms. The topological polar surface area (TPSA) is 72.5 Å². The first-order valence-electron chi connectivity index (χ1n) is 5.23. The minimum atomic E-state index is -0.0197. The number of nitrogens with two attached hydrogens (primary N) is 1. The Morgan fingerprint density at radius 1 is 1.38 bits per heavy atom. The number of nitrogen functional groups attached to an aromatic ring is 1. The smallest absolute Gasteiger partial charge is 0.0914 e. The summed E-state index contributed by atoms with van der Waals surface area (Å²) < 4.78 is 1.80. The van der Waals surface area contributed by atoms with Crippen LogP contribution in [0.2, 0.25) is 0 Å². The van der Waals surface area contributed by atoms with Crippen LogP contribution in [0.15, 0.2) is 12.4 Å². The number of nitrogens with zero attached hydrogens (tertiary/aromatic N) is 3. The highest BCUT2D eigenvalue weighted by Crippen LogP contribution is 2.32. The number of nitrogens with one attached hydrogen (secondary N) is 1. The molecule has 0 unspecified atom stereocenters. The Kier molecular flexibility index (Phi) is 2.26. The first-order valence-corrected chi connectivity index (χ1v) is 5.23. The molecular weight excluding hydrogens is 202 g/mol. The summed E-state index contributed by atoms with van der Waals surface area (Å²) >= 11 is 0. The third kappa shape index (κ3) is 1.68. The quantitative estimate of drug-likeness (QED) is 0.766.